The summed E-state index contributed by atoms with van der Waals surface area (Å²) in [4.78, 5) is 18.0. The lowest BCUT2D eigenvalue weighted by Gasteiger charge is -2.28. The number of nitrogens with zero attached hydrogens (tertiary/aromatic N) is 2. The van der Waals surface area contributed by atoms with Crippen LogP contribution in [-0.4, -0.2) is 40.5 Å². The van der Waals surface area contributed by atoms with E-state index >= 15 is 0 Å². The Morgan fingerprint density at radius 2 is 2.00 bits per heavy atom. The maximum Gasteiger partial charge on any atom is 0.239 e. The second kappa shape index (κ2) is 8.19. The molecule has 6 heteroatoms. The summed E-state index contributed by atoms with van der Waals surface area (Å²) in [6.45, 7) is 2.06. The Hall–Kier alpha value is -1.76. The predicted molar refractivity (Wildman–Crippen MR) is 94.1 cm³/mol. The molecule has 2 atom stereocenters. The van der Waals surface area contributed by atoms with Crippen LogP contribution in [-0.2, 0) is 4.79 Å². The lowest BCUT2D eigenvalue weighted by atomic mass is 10.0. The number of likely N-dealkylation sites (N-methyl/N-ethyl adjacent to an activating group) is 1. The number of halogens is 1. The summed E-state index contributed by atoms with van der Waals surface area (Å²) < 4.78 is 0.854. The van der Waals surface area contributed by atoms with Crippen LogP contribution in [0.5, 0.6) is 0 Å². The molecule has 1 aromatic heterocycles. The number of anilines is 1. The van der Waals surface area contributed by atoms with Crippen molar-refractivity contribution in [2.75, 3.05) is 18.9 Å². The van der Waals surface area contributed by atoms with Crippen molar-refractivity contribution in [1.29, 1.82) is 0 Å². The fraction of sp³-hybridized carbons (Fsp3) is 0.294. The minimum absolute atomic E-state index is 0.169. The highest BCUT2D eigenvalue weighted by molar-refractivity contribution is 9.10. The zero-order valence-electron chi connectivity index (χ0n) is 13.1. The molecule has 0 spiro atoms. The Morgan fingerprint density at radius 3 is 2.61 bits per heavy atom. The Morgan fingerprint density at radius 1 is 1.30 bits per heavy atom. The van der Waals surface area contributed by atoms with Crippen LogP contribution in [0.4, 0.5) is 5.82 Å². The van der Waals surface area contributed by atoms with Crippen LogP contribution in [0.3, 0.4) is 0 Å². The van der Waals surface area contributed by atoms with Gasteiger partial charge in [0.05, 0.1) is 12.6 Å². The summed E-state index contributed by atoms with van der Waals surface area (Å²) in [5.74, 6) is 0.331. The molecule has 0 bridgehead atoms. The van der Waals surface area contributed by atoms with E-state index in [-0.39, 0.29) is 18.5 Å². The van der Waals surface area contributed by atoms with E-state index in [0.29, 0.717) is 5.82 Å². The van der Waals surface area contributed by atoms with Gasteiger partial charge in [-0.1, -0.05) is 30.3 Å². The molecule has 0 radical (unpaired) electrons. The normalized spacial score (nSPS) is 13.6. The van der Waals surface area contributed by atoms with E-state index in [9.17, 15) is 9.90 Å². The molecule has 0 saturated carbocycles. The van der Waals surface area contributed by atoms with Crippen molar-refractivity contribution in [1.82, 2.24) is 9.88 Å². The molecular weight excluding hydrogens is 358 g/mol. The van der Waals surface area contributed by atoms with Gasteiger partial charge >= 0.3 is 0 Å². The average Bonchev–Trinajstić information content (AvgIpc) is 2.56. The molecular formula is C17H20BrN3O2. The lowest BCUT2D eigenvalue weighted by molar-refractivity contribution is -0.118. The average molecular weight is 378 g/mol. The molecule has 2 rings (SSSR count). The highest BCUT2D eigenvalue weighted by Gasteiger charge is 2.22. The number of benzene rings is 1. The maximum atomic E-state index is 12.1. The summed E-state index contributed by atoms with van der Waals surface area (Å²) in [5, 5.41) is 13.1. The number of aliphatic hydroxyl groups excluding tert-OH is 1. The molecule has 2 N–H and O–H groups in total. The molecule has 0 saturated heterocycles. The number of hydrogen-bond acceptors (Lipinski definition) is 4. The van der Waals surface area contributed by atoms with Gasteiger partial charge in [-0.15, -0.1) is 0 Å². The van der Waals surface area contributed by atoms with Crippen LogP contribution < -0.4 is 5.32 Å². The summed E-state index contributed by atoms with van der Waals surface area (Å²) in [6.07, 6.45) is 0.973. The number of hydrogen-bond donors (Lipinski definition) is 2. The number of aliphatic hydroxyl groups is 1. The quantitative estimate of drug-likeness (QED) is 0.812. The third kappa shape index (κ3) is 5.13. The third-order valence-electron chi connectivity index (χ3n) is 3.68. The Kier molecular flexibility index (Phi) is 6.27. The third-order valence-corrected chi connectivity index (χ3v) is 4.15. The topological polar surface area (TPSA) is 65.5 Å². The van der Waals surface area contributed by atoms with E-state index in [1.807, 2.05) is 55.3 Å². The smallest absolute Gasteiger partial charge is 0.239 e. The Labute approximate surface area is 144 Å². The van der Waals surface area contributed by atoms with Crippen LogP contribution >= 0.6 is 15.9 Å². The number of carbonyl (C=O) groups excluding carboxylic acids is 1. The minimum atomic E-state index is -0.653. The fourth-order valence-corrected chi connectivity index (χ4v) is 2.41. The fourth-order valence-electron chi connectivity index (χ4n) is 2.17. The Bertz CT molecular complexity index is 634. The molecule has 5 nitrogen and oxygen atoms in total. The van der Waals surface area contributed by atoms with E-state index in [0.717, 1.165) is 10.0 Å². The van der Waals surface area contributed by atoms with Crippen molar-refractivity contribution < 1.29 is 9.90 Å². The lowest BCUT2D eigenvalue weighted by Crippen LogP contribution is -2.39. The largest absolute Gasteiger partial charge is 0.387 e. The predicted octanol–water partition coefficient (Wildman–Crippen LogP) is 2.84. The Balaban J connectivity index is 1.91. The first-order chi connectivity index (χ1) is 11.0. The second-order valence-electron chi connectivity index (χ2n) is 5.42. The van der Waals surface area contributed by atoms with Gasteiger partial charge in [-0.2, -0.15) is 0 Å². The van der Waals surface area contributed by atoms with Gasteiger partial charge in [-0.05, 0) is 47.6 Å². The number of rotatable bonds is 6. The van der Waals surface area contributed by atoms with Crippen LogP contribution in [0.25, 0.3) is 0 Å². The molecule has 0 aliphatic rings. The monoisotopic (exact) mass is 377 g/mol. The van der Waals surface area contributed by atoms with Gasteiger partial charge in [0.1, 0.15) is 5.82 Å². The second-order valence-corrected chi connectivity index (χ2v) is 6.34. The van der Waals surface area contributed by atoms with Crippen molar-refractivity contribution in [2.45, 2.75) is 19.1 Å². The zero-order valence-corrected chi connectivity index (χ0v) is 14.7. The molecule has 0 aliphatic carbocycles. The van der Waals surface area contributed by atoms with E-state index in [1.165, 1.54) is 0 Å². The zero-order chi connectivity index (χ0) is 16.8. The molecule has 0 unspecified atom stereocenters. The van der Waals surface area contributed by atoms with Gasteiger partial charge in [0.15, 0.2) is 0 Å². The van der Waals surface area contributed by atoms with Gasteiger partial charge < -0.3 is 10.4 Å². The van der Waals surface area contributed by atoms with Crippen molar-refractivity contribution in [3.05, 3.63) is 58.7 Å². The number of nitrogens with one attached hydrogen (secondary N) is 1. The maximum absolute atomic E-state index is 12.1. The van der Waals surface area contributed by atoms with Crippen molar-refractivity contribution >= 4 is 27.7 Å². The van der Waals surface area contributed by atoms with E-state index < -0.39 is 6.10 Å². The van der Waals surface area contributed by atoms with Gasteiger partial charge in [0.25, 0.3) is 0 Å². The van der Waals surface area contributed by atoms with Crippen LogP contribution in [0, 0.1) is 0 Å². The number of aromatic nitrogens is 1. The minimum Gasteiger partial charge on any atom is -0.387 e. The number of amides is 1. The molecule has 1 aromatic carbocycles. The van der Waals surface area contributed by atoms with Gasteiger partial charge in [-0.3, -0.25) is 9.69 Å². The summed E-state index contributed by atoms with van der Waals surface area (Å²) >= 11 is 3.30. The van der Waals surface area contributed by atoms with E-state index in [2.05, 4.69) is 26.2 Å². The summed E-state index contributed by atoms with van der Waals surface area (Å²) in [6, 6.07) is 12.8. The SMILES string of the molecule is C[C@H]([C@@H](O)c1ccccc1)N(C)CC(=O)Nc1ccc(Br)cn1. The van der Waals surface area contributed by atoms with Crippen LogP contribution in [0.1, 0.15) is 18.6 Å². The van der Waals surface area contributed by atoms with Gasteiger partial charge in [0.2, 0.25) is 5.91 Å². The summed E-state index contributed by atoms with van der Waals surface area (Å²) in [5.41, 5.74) is 0.835. The first kappa shape index (κ1) is 17.6. The highest BCUT2D eigenvalue weighted by atomic mass is 79.9. The van der Waals surface area contributed by atoms with Crippen molar-refractivity contribution in [3.63, 3.8) is 0 Å². The molecule has 0 fully saturated rings. The first-order valence-electron chi connectivity index (χ1n) is 7.32. The molecule has 0 aliphatic heterocycles. The molecule has 1 heterocycles. The van der Waals surface area contributed by atoms with E-state index in [4.69, 9.17) is 0 Å². The number of pyridine rings is 1. The number of carbonyl (C=O) groups is 1. The van der Waals surface area contributed by atoms with Crippen molar-refractivity contribution in [2.24, 2.45) is 0 Å². The standard InChI is InChI=1S/C17H20BrN3O2/c1-12(17(23)13-6-4-3-5-7-13)21(2)11-16(22)20-15-9-8-14(18)10-19-15/h3-10,12,17,23H,11H2,1-2H3,(H,19,20,22)/t12-,17-/m1/s1. The van der Waals surface area contributed by atoms with E-state index in [1.54, 1.807) is 12.3 Å². The first-order valence-corrected chi connectivity index (χ1v) is 8.11. The van der Waals surface area contributed by atoms with Gasteiger partial charge in [-0.25, -0.2) is 4.98 Å². The highest BCUT2D eigenvalue weighted by Crippen LogP contribution is 2.19. The molecule has 23 heavy (non-hydrogen) atoms. The van der Waals surface area contributed by atoms with Gasteiger partial charge in [0, 0.05) is 16.7 Å². The summed E-state index contributed by atoms with van der Waals surface area (Å²) in [7, 11) is 1.81. The molecule has 1 amide bonds. The molecule has 2 aromatic rings. The van der Waals surface area contributed by atoms with Crippen molar-refractivity contribution in [3.8, 4) is 0 Å². The van der Waals surface area contributed by atoms with Crippen LogP contribution in [0.2, 0.25) is 0 Å². The molecule has 122 valence electrons. The van der Waals surface area contributed by atoms with Crippen LogP contribution in [0.15, 0.2) is 53.1 Å².